The van der Waals surface area contributed by atoms with Crippen LogP contribution < -0.4 is 5.32 Å². The van der Waals surface area contributed by atoms with E-state index in [9.17, 15) is 9.90 Å². The smallest absolute Gasteiger partial charge is 0.376 e. The molecule has 1 rings (SSSR count). The Morgan fingerprint density at radius 2 is 2.41 bits per heavy atom. The summed E-state index contributed by atoms with van der Waals surface area (Å²) in [6.45, 7) is 2.40. The predicted octanol–water partition coefficient (Wildman–Crippen LogP) is 0.836. The van der Waals surface area contributed by atoms with E-state index in [2.05, 4.69) is 20.0 Å². The second kappa shape index (κ2) is 6.80. The average Bonchev–Trinajstić information content (AvgIpc) is 2.36. The quantitative estimate of drug-likeness (QED) is 0.715. The topological polar surface area (TPSA) is 84.3 Å². The van der Waals surface area contributed by atoms with Gasteiger partial charge in [-0.15, -0.1) is 0 Å². The van der Waals surface area contributed by atoms with Crippen LogP contribution in [0.15, 0.2) is 12.3 Å². The van der Waals surface area contributed by atoms with Crippen LogP contribution in [0.4, 0.5) is 5.82 Å². The molecule has 0 aliphatic carbocycles. The number of rotatable bonds is 6. The number of hydrogen-bond acceptors (Lipinski definition) is 6. The van der Waals surface area contributed by atoms with Gasteiger partial charge in [-0.05, 0) is 12.5 Å². The van der Waals surface area contributed by atoms with E-state index in [0.29, 0.717) is 12.4 Å². The number of esters is 1. The fraction of sp³-hybridized carbons (Fsp3) is 0.545. The van der Waals surface area contributed by atoms with E-state index in [1.165, 1.54) is 13.3 Å². The number of aliphatic hydroxyl groups excluding tert-OH is 1. The Bertz CT molecular complexity index is 371. The molecular weight excluding hydrogens is 222 g/mol. The molecule has 17 heavy (non-hydrogen) atoms. The van der Waals surface area contributed by atoms with Crippen LogP contribution in [0.3, 0.4) is 0 Å². The van der Waals surface area contributed by atoms with E-state index < -0.39 is 12.1 Å². The maximum absolute atomic E-state index is 11.2. The van der Waals surface area contributed by atoms with Crippen molar-refractivity contribution < 1.29 is 14.6 Å². The van der Waals surface area contributed by atoms with Crippen LogP contribution in [0.5, 0.6) is 0 Å². The molecule has 6 nitrogen and oxygen atoms in total. The molecule has 1 heterocycles. The summed E-state index contributed by atoms with van der Waals surface area (Å²) in [5.74, 6) is -0.0826. The van der Waals surface area contributed by atoms with E-state index in [1.807, 2.05) is 6.92 Å². The summed E-state index contributed by atoms with van der Waals surface area (Å²) in [6, 6.07) is 1.63. The van der Waals surface area contributed by atoms with Crippen LogP contribution in [0.1, 0.15) is 30.4 Å². The van der Waals surface area contributed by atoms with E-state index in [4.69, 9.17) is 0 Å². The first-order valence-corrected chi connectivity index (χ1v) is 5.50. The van der Waals surface area contributed by atoms with Crippen molar-refractivity contribution in [2.75, 3.05) is 19.0 Å². The Morgan fingerprint density at radius 1 is 1.65 bits per heavy atom. The van der Waals surface area contributed by atoms with Crippen molar-refractivity contribution in [1.82, 2.24) is 9.97 Å². The minimum atomic E-state index is -0.581. The molecule has 0 aromatic carbocycles. The van der Waals surface area contributed by atoms with Crippen LogP contribution in [0, 0.1) is 0 Å². The normalized spacial score (nSPS) is 11.9. The molecule has 1 atom stereocenters. The van der Waals surface area contributed by atoms with Gasteiger partial charge in [0.25, 0.3) is 0 Å². The number of nitrogens with one attached hydrogen (secondary N) is 1. The zero-order chi connectivity index (χ0) is 12.7. The maximum Gasteiger partial charge on any atom is 0.376 e. The number of nitrogens with zero attached hydrogens (tertiary/aromatic N) is 2. The number of methoxy groups -OCH3 is 1. The molecule has 0 bridgehead atoms. The molecule has 0 saturated heterocycles. The highest BCUT2D eigenvalue weighted by atomic mass is 16.5. The predicted molar refractivity (Wildman–Crippen MR) is 62.8 cm³/mol. The van der Waals surface area contributed by atoms with Gasteiger partial charge in [0.15, 0.2) is 0 Å². The molecule has 1 aromatic heterocycles. The van der Waals surface area contributed by atoms with Gasteiger partial charge >= 0.3 is 5.97 Å². The standard InChI is InChI=1S/C11H17N3O3/c1-3-4-8(15)7-13-9-5-6-12-10(14-9)11(16)17-2/h5-6,8,15H,3-4,7H2,1-2H3,(H,12,13,14). The van der Waals surface area contributed by atoms with E-state index >= 15 is 0 Å². The van der Waals surface area contributed by atoms with Crippen LogP contribution in [-0.2, 0) is 4.74 Å². The van der Waals surface area contributed by atoms with Gasteiger partial charge in [-0.25, -0.2) is 14.8 Å². The Kier molecular flexibility index (Phi) is 5.35. The van der Waals surface area contributed by atoms with Gasteiger partial charge in [0.05, 0.1) is 13.2 Å². The molecule has 0 radical (unpaired) electrons. The lowest BCUT2D eigenvalue weighted by Crippen LogP contribution is -2.20. The highest BCUT2D eigenvalue weighted by molar-refractivity contribution is 5.85. The monoisotopic (exact) mass is 239 g/mol. The third-order valence-electron chi connectivity index (χ3n) is 2.16. The first kappa shape index (κ1) is 13.4. The fourth-order valence-electron chi connectivity index (χ4n) is 1.30. The Balaban J connectivity index is 2.57. The molecular formula is C11H17N3O3. The van der Waals surface area contributed by atoms with E-state index in [0.717, 1.165) is 12.8 Å². The second-order valence-corrected chi connectivity index (χ2v) is 3.58. The first-order valence-electron chi connectivity index (χ1n) is 5.50. The number of carbonyl (C=O) groups excluding carboxylic acids is 1. The van der Waals surface area contributed by atoms with Crippen LogP contribution >= 0.6 is 0 Å². The summed E-state index contributed by atoms with van der Waals surface area (Å²) in [5.41, 5.74) is 0. The minimum Gasteiger partial charge on any atom is -0.463 e. The Labute approximate surface area is 100 Å². The summed E-state index contributed by atoms with van der Waals surface area (Å²) >= 11 is 0. The van der Waals surface area contributed by atoms with Gasteiger partial charge in [0, 0.05) is 12.7 Å². The lowest BCUT2D eigenvalue weighted by atomic mass is 10.2. The van der Waals surface area contributed by atoms with Crippen molar-refractivity contribution >= 4 is 11.8 Å². The van der Waals surface area contributed by atoms with Crippen molar-refractivity contribution in [2.45, 2.75) is 25.9 Å². The van der Waals surface area contributed by atoms with Crippen molar-refractivity contribution in [3.63, 3.8) is 0 Å². The van der Waals surface area contributed by atoms with Gasteiger partial charge in [0.2, 0.25) is 5.82 Å². The molecule has 0 aliphatic heterocycles. The SMILES string of the molecule is CCCC(O)CNc1ccnc(C(=O)OC)n1. The van der Waals surface area contributed by atoms with Crippen molar-refractivity contribution in [1.29, 1.82) is 0 Å². The number of anilines is 1. The Hall–Kier alpha value is -1.69. The van der Waals surface area contributed by atoms with Crippen molar-refractivity contribution in [2.24, 2.45) is 0 Å². The summed E-state index contributed by atoms with van der Waals surface area (Å²) in [5, 5.41) is 12.5. The molecule has 2 N–H and O–H groups in total. The lowest BCUT2D eigenvalue weighted by molar-refractivity contribution is 0.0587. The van der Waals surface area contributed by atoms with Crippen molar-refractivity contribution in [3.8, 4) is 0 Å². The van der Waals surface area contributed by atoms with Crippen molar-refractivity contribution in [3.05, 3.63) is 18.1 Å². The molecule has 0 amide bonds. The van der Waals surface area contributed by atoms with Gasteiger partial charge in [-0.1, -0.05) is 13.3 Å². The molecule has 0 saturated carbocycles. The van der Waals surface area contributed by atoms with Gasteiger partial charge < -0.3 is 15.2 Å². The molecule has 94 valence electrons. The largest absolute Gasteiger partial charge is 0.463 e. The summed E-state index contributed by atoms with van der Waals surface area (Å²) in [6.07, 6.45) is 2.69. The molecule has 0 fully saturated rings. The number of hydrogen-bond donors (Lipinski definition) is 2. The zero-order valence-corrected chi connectivity index (χ0v) is 10.0. The third kappa shape index (κ3) is 4.36. The van der Waals surface area contributed by atoms with Gasteiger partial charge in [0.1, 0.15) is 5.82 Å². The fourth-order valence-corrected chi connectivity index (χ4v) is 1.30. The summed E-state index contributed by atoms with van der Waals surface area (Å²) in [4.78, 5) is 18.9. The first-order chi connectivity index (χ1) is 8.17. The molecule has 0 spiro atoms. The Morgan fingerprint density at radius 3 is 3.06 bits per heavy atom. The van der Waals surface area contributed by atoms with Gasteiger partial charge in [-0.2, -0.15) is 0 Å². The number of ether oxygens (including phenoxy) is 1. The highest BCUT2D eigenvalue weighted by Crippen LogP contribution is 2.04. The molecule has 0 aliphatic rings. The summed E-state index contributed by atoms with van der Waals surface area (Å²) in [7, 11) is 1.27. The molecule has 1 aromatic rings. The van der Waals surface area contributed by atoms with Gasteiger partial charge in [-0.3, -0.25) is 0 Å². The number of aromatic nitrogens is 2. The number of aliphatic hydroxyl groups is 1. The van der Waals surface area contributed by atoms with Crippen LogP contribution in [0.2, 0.25) is 0 Å². The second-order valence-electron chi connectivity index (χ2n) is 3.58. The lowest BCUT2D eigenvalue weighted by Gasteiger charge is -2.11. The van der Waals surface area contributed by atoms with E-state index in [1.54, 1.807) is 6.07 Å². The highest BCUT2D eigenvalue weighted by Gasteiger charge is 2.10. The van der Waals surface area contributed by atoms with Crippen LogP contribution in [-0.4, -0.2) is 40.8 Å². The molecule has 1 unspecified atom stereocenters. The minimum absolute atomic E-state index is 0.00230. The van der Waals surface area contributed by atoms with E-state index in [-0.39, 0.29) is 5.82 Å². The number of carbonyl (C=O) groups is 1. The van der Waals surface area contributed by atoms with Crippen LogP contribution in [0.25, 0.3) is 0 Å². The zero-order valence-electron chi connectivity index (χ0n) is 10.0. The summed E-state index contributed by atoms with van der Waals surface area (Å²) < 4.78 is 4.51. The average molecular weight is 239 g/mol. The maximum atomic E-state index is 11.2. The molecule has 6 heteroatoms. The third-order valence-corrected chi connectivity index (χ3v) is 2.16.